The molecule has 0 radical (unpaired) electrons. The van der Waals surface area contributed by atoms with Gasteiger partial charge in [0.25, 0.3) is 0 Å². The third kappa shape index (κ3) is 3.92. The summed E-state index contributed by atoms with van der Waals surface area (Å²) >= 11 is 1.75. The molecule has 26 heavy (non-hydrogen) atoms. The number of carbonyl (C=O) groups is 1. The van der Waals surface area contributed by atoms with Crippen molar-refractivity contribution in [3.63, 3.8) is 0 Å². The van der Waals surface area contributed by atoms with E-state index in [-0.39, 0.29) is 18.3 Å². The molecule has 3 nitrogen and oxygen atoms in total. The molecule has 1 aliphatic carbocycles. The Labute approximate surface area is 166 Å². The number of amides is 1. The number of rotatable bonds is 4. The van der Waals surface area contributed by atoms with Crippen molar-refractivity contribution in [2.75, 3.05) is 20.1 Å². The molecule has 1 saturated carbocycles. The monoisotopic (exact) mass is 392 g/mol. The number of fused-ring (bicyclic) bond motifs is 1. The molecule has 2 fully saturated rings. The number of carbonyl (C=O) groups excluding carboxylic acids is 1. The molecule has 0 bridgehead atoms. The lowest BCUT2D eigenvalue weighted by Crippen LogP contribution is -2.53. The Morgan fingerprint density at radius 2 is 1.88 bits per heavy atom. The first-order chi connectivity index (χ1) is 12.2. The van der Waals surface area contributed by atoms with E-state index in [4.69, 9.17) is 0 Å². The molecule has 1 amide bonds. The van der Waals surface area contributed by atoms with Gasteiger partial charge in [0.05, 0.1) is 6.42 Å². The highest BCUT2D eigenvalue weighted by Gasteiger charge is 2.35. The lowest BCUT2D eigenvalue weighted by Gasteiger charge is -2.42. The molecular formula is C21H29ClN2OS. The first-order valence-electron chi connectivity index (χ1n) is 9.69. The minimum Gasteiger partial charge on any atom is -0.341 e. The summed E-state index contributed by atoms with van der Waals surface area (Å²) < 4.78 is 1.28. The van der Waals surface area contributed by atoms with E-state index in [9.17, 15) is 4.79 Å². The molecule has 1 aliphatic heterocycles. The smallest absolute Gasteiger partial charge is 0.227 e. The predicted octanol–water partition coefficient (Wildman–Crippen LogP) is 4.73. The van der Waals surface area contributed by atoms with Crippen LogP contribution in [0, 0.1) is 0 Å². The van der Waals surface area contributed by atoms with E-state index < -0.39 is 0 Å². The second-order valence-corrected chi connectivity index (χ2v) is 8.51. The van der Waals surface area contributed by atoms with Crippen LogP contribution >= 0.6 is 23.7 Å². The van der Waals surface area contributed by atoms with Crippen LogP contribution in [-0.4, -0.2) is 47.9 Å². The predicted molar refractivity (Wildman–Crippen MR) is 112 cm³/mol. The summed E-state index contributed by atoms with van der Waals surface area (Å²) in [6.45, 7) is 2.44. The number of halogens is 1. The third-order valence-corrected chi connectivity index (χ3v) is 7.11. The largest absolute Gasteiger partial charge is 0.341 e. The minimum absolute atomic E-state index is 0. The number of likely N-dealkylation sites (tertiary alicyclic amines) is 1. The van der Waals surface area contributed by atoms with Crippen molar-refractivity contribution >= 4 is 39.7 Å². The van der Waals surface area contributed by atoms with Crippen LogP contribution in [0.15, 0.2) is 29.6 Å². The molecule has 0 spiro atoms. The van der Waals surface area contributed by atoms with Crippen molar-refractivity contribution in [2.45, 2.75) is 57.0 Å². The maximum absolute atomic E-state index is 13.0. The fourth-order valence-corrected chi connectivity index (χ4v) is 5.65. The normalized spacial score (nSPS) is 23.7. The fraction of sp³-hybridized carbons (Fsp3) is 0.571. The Morgan fingerprint density at radius 1 is 1.15 bits per heavy atom. The van der Waals surface area contributed by atoms with E-state index in [0.717, 1.165) is 6.42 Å². The van der Waals surface area contributed by atoms with Gasteiger partial charge < -0.3 is 4.90 Å². The number of hydrogen-bond donors (Lipinski definition) is 0. The van der Waals surface area contributed by atoms with Crippen LogP contribution in [0.2, 0.25) is 0 Å². The van der Waals surface area contributed by atoms with Gasteiger partial charge in [-0.2, -0.15) is 0 Å². The molecule has 1 aromatic carbocycles. The van der Waals surface area contributed by atoms with Gasteiger partial charge in [-0.15, -0.1) is 23.7 Å². The van der Waals surface area contributed by atoms with Gasteiger partial charge in [0, 0.05) is 23.8 Å². The van der Waals surface area contributed by atoms with Gasteiger partial charge in [0.2, 0.25) is 5.91 Å². The van der Waals surface area contributed by atoms with E-state index >= 15 is 0 Å². The van der Waals surface area contributed by atoms with Crippen LogP contribution in [-0.2, 0) is 11.2 Å². The molecule has 0 N–H and O–H groups in total. The van der Waals surface area contributed by atoms with Gasteiger partial charge in [-0.1, -0.05) is 31.0 Å². The van der Waals surface area contributed by atoms with Crippen molar-refractivity contribution in [3.8, 4) is 0 Å². The fourth-order valence-electron chi connectivity index (χ4n) is 4.68. The molecule has 1 aromatic heterocycles. The van der Waals surface area contributed by atoms with E-state index in [2.05, 4.69) is 39.4 Å². The number of nitrogens with zero attached hydrogens (tertiary/aromatic N) is 2. The summed E-state index contributed by atoms with van der Waals surface area (Å²) in [6.07, 6.45) is 8.16. The quantitative estimate of drug-likeness (QED) is 0.750. The van der Waals surface area contributed by atoms with Gasteiger partial charge in [-0.05, 0) is 61.2 Å². The van der Waals surface area contributed by atoms with Crippen molar-refractivity contribution < 1.29 is 4.79 Å². The Morgan fingerprint density at radius 3 is 2.69 bits per heavy atom. The zero-order chi connectivity index (χ0) is 17.2. The zero-order valence-corrected chi connectivity index (χ0v) is 17.2. The topological polar surface area (TPSA) is 23.6 Å². The lowest BCUT2D eigenvalue weighted by atomic mass is 9.88. The first-order valence-corrected chi connectivity index (χ1v) is 10.6. The average Bonchev–Trinajstić information content (AvgIpc) is 3.32. The first kappa shape index (κ1) is 19.7. The van der Waals surface area contributed by atoms with Crippen molar-refractivity contribution in [3.05, 3.63) is 35.2 Å². The highest BCUT2D eigenvalue weighted by Crippen LogP contribution is 2.30. The number of benzene rings is 1. The number of hydrogen-bond acceptors (Lipinski definition) is 3. The van der Waals surface area contributed by atoms with Crippen LogP contribution in [0.1, 0.15) is 44.1 Å². The highest BCUT2D eigenvalue weighted by molar-refractivity contribution is 7.17. The lowest BCUT2D eigenvalue weighted by molar-refractivity contribution is -0.133. The summed E-state index contributed by atoms with van der Waals surface area (Å²) in [6, 6.07) is 9.38. The standard InChI is InChI=1S/C21H28N2OS.ClH/c1-22(18-9-3-4-10-19(18)23-12-6-7-13-23)21(24)14-16-15-25-20-11-5-2-8-17(16)20;/h2,5,8,11,15,18-19H,3-4,6-7,9-10,12-14H2,1H3;1H/t18-,19-;/m1./s1. The molecule has 2 aliphatic rings. The van der Waals surface area contributed by atoms with E-state index in [1.54, 1.807) is 11.3 Å². The summed E-state index contributed by atoms with van der Waals surface area (Å²) in [5.74, 6) is 0.277. The van der Waals surface area contributed by atoms with Crippen molar-refractivity contribution in [2.24, 2.45) is 0 Å². The Bertz CT molecular complexity index is 740. The Balaban J connectivity index is 0.00000196. The SMILES string of the molecule is CN(C(=O)Cc1csc2ccccc12)[C@@H]1CCCC[C@H]1N1CCCC1.Cl. The van der Waals surface area contributed by atoms with Crippen LogP contribution in [0.5, 0.6) is 0 Å². The zero-order valence-electron chi connectivity index (χ0n) is 15.5. The number of likely N-dealkylation sites (N-methyl/N-ethyl adjacent to an activating group) is 1. The summed E-state index contributed by atoms with van der Waals surface area (Å²) in [5, 5.41) is 3.41. The third-order valence-electron chi connectivity index (χ3n) is 6.10. The van der Waals surface area contributed by atoms with Gasteiger partial charge in [0.1, 0.15) is 0 Å². The minimum atomic E-state index is 0. The Hall–Kier alpha value is -1.10. The van der Waals surface area contributed by atoms with E-state index in [1.807, 2.05) is 7.05 Å². The van der Waals surface area contributed by atoms with Gasteiger partial charge in [-0.25, -0.2) is 0 Å². The van der Waals surface area contributed by atoms with Crippen molar-refractivity contribution in [1.82, 2.24) is 9.80 Å². The van der Waals surface area contributed by atoms with E-state index in [0.29, 0.717) is 18.5 Å². The maximum atomic E-state index is 13.0. The van der Waals surface area contributed by atoms with Gasteiger partial charge >= 0.3 is 0 Å². The van der Waals surface area contributed by atoms with Gasteiger partial charge in [0.15, 0.2) is 0 Å². The second-order valence-electron chi connectivity index (χ2n) is 7.60. The Kier molecular flexibility index (Phi) is 6.60. The molecular weight excluding hydrogens is 364 g/mol. The highest BCUT2D eigenvalue weighted by atomic mass is 35.5. The molecule has 0 unspecified atom stereocenters. The summed E-state index contributed by atoms with van der Waals surface area (Å²) in [7, 11) is 2.04. The summed E-state index contributed by atoms with van der Waals surface area (Å²) in [5.41, 5.74) is 1.19. The molecule has 142 valence electrons. The van der Waals surface area contributed by atoms with E-state index in [1.165, 1.54) is 60.8 Å². The molecule has 4 rings (SSSR count). The summed E-state index contributed by atoms with van der Waals surface area (Å²) in [4.78, 5) is 17.8. The molecule has 1 saturated heterocycles. The molecule has 2 atom stereocenters. The van der Waals surface area contributed by atoms with Crippen molar-refractivity contribution in [1.29, 1.82) is 0 Å². The number of thiophene rings is 1. The maximum Gasteiger partial charge on any atom is 0.227 e. The molecule has 5 heteroatoms. The van der Waals surface area contributed by atoms with Crippen LogP contribution in [0.25, 0.3) is 10.1 Å². The second kappa shape index (κ2) is 8.73. The molecule has 2 heterocycles. The van der Waals surface area contributed by atoms with Gasteiger partial charge in [-0.3, -0.25) is 9.69 Å². The average molecular weight is 393 g/mol. The van der Waals surface area contributed by atoms with Crippen LogP contribution in [0.4, 0.5) is 0 Å². The van der Waals surface area contributed by atoms with Crippen LogP contribution in [0.3, 0.4) is 0 Å². The molecule has 2 aromatic rings. The van der Waals surface area contributed by atoms with Crippen LogP contribution < -0.4 is 0 Å².